The SMILES string of the molecule is CN(C)C(CNc1oc(-c2ccccc2C(F)(F)F)nc1C#N)c1ccccc1. The van der Waals surface area contributed by atoms with E-state index < -0.39 is 11.7 Å². The van der Waals surface area contributed by atoms with Gasteiger partial charge in [0.2, 0.25) is 17.5 Å². The fraction of sp³-hybridized carbons (Fsp3) is 0.238. The van der Waals surface area contributed by atoms with E-state index in [0.717, 1.165) is 11.6 Å². The summed E-state index contributed by atoms with van der Waals surface area (Å²) in [4.78, 5) is 5.96. The van der Waals surface area contributed by atoms with Gasteiger partial charge >= 0.3 is 6.18 Å². The molecular weight excluding hydrogens is 381 g/mol. The van der Waals surface area contributed by atoms with E-state index >= 15 is 0 Å². The molecular formula is C21H19F3N4O. The average molecular weight is 400 g/mol. The number of nitrogens with zero attached hydrogens (tertiary/aromatic N) is 3. The van der Waals surface area contributed by atoms with Crippen LogP contribution in [0.2, 0.25) is 0 Å². The molecule has 1 N–H and O–H groups in total. The van der Waals surface area contributed by atoms with Gasteiger partial charge in [0.05, 0.1) is 11.6 Å². The first-order valence-electron chi connectivity index (χ1n) is 8.84. The molecule has 0 saturated heterocycles. The number of likely N-dealkylation sites (N-methyl/N-ethyl adjacent to an activating group) is 1. The maximum absolute atomic E-state index is 13.3. The quantitative estimate of drug-likeness (QED) is 0.634. The molecule has 1 heterocycles. The van der Waals surface area contributed by atoms with Crippen LogP contribution >= 0.6 is 0 Å². The van der Waals surface area contributed by atoms with Crippen molar-refractivity contribution in [2.75, 3.05) is 26.0 Å². The zero-order chi connectivity index (χ0) is 21.0. The standard InChI is InChI=1S/C21H19F3N4O/c1-28(2)18(14-8-4-3-5-9-14)13-26-20-17(12-25)27-19(29-20)15-10-6-7-11-16(15)21(22,23)24/h3-11,18,26H,13H2,1-2H3. The Morgan fingerprint density at radius 2 is 1.76 bits per heavy atom. The molecule has 0 spiro atoms. The van der Waals surface area contributed by atoms with Crippen LogP contribution in [0.1, 0.15) is 22.9 Å². The first-order chi connectivity index (χ1) is 13.8. The monoisotopic (exact) mass is 400 g/mol. The number of oxazole rings is 1. The highest BCUT2D eigenvalue weighted by molar-refractivity contribution is 5.63. The lowest BCUT2D eigenvalue weighted by atomic mass is 10.1. The summed E-state index contributed by atoms with van der Waals surface area (Å²) in [5, 5.41) is 12.4. The van der Waals surface area contributed by atoms with E-state index in [-0.39, 0.29) is 29.1 Å². The van der Waals surface area contributed by atoms with E-state index in [1.165, 1.54) is 18.2 Å². The fourth-order valence-corrected chi connectivity index (χ4v) is 3.01. The summed E-state index contributed by atoms with van der Waals surface area (Å²) in [6, 6.07) is 16.5. The Labute approximate surface area is 166 Å². The van der Waals surface area contributed by atoms with E-state index in [4.69, 9.17) is 4.42 Å². The van der Waals surface area contributed by atoms with Crippen LogP contribution in [0.25, 0.3) is 11.5 Å². The number of anilines is 1. The second kappa shape index (κ2) is 8.37. The van der Waals surface area contributed by atoms with Crippen LogP contribution < -0.4 is 5.32 Å². The number of nitrogens with one attached hydrogen (secondary N) is 1. The summed E-state index contributed by atoms with van der Waals surface area (Å²) in [5.41, 5.74) is -0.127. The number of benzene rings is 2. The third-order valence-electron chi connectivity index (χ3n) is 4.46. The van der Waals surface area contributed by atoms with Gasteiger partial charge in [0.1, 0.15) is 6.07 Å². The van der Waals surface area contributed by atoms with E-state index in [9.17, 15) is 18.4 Å². The summed E-state index contributed by atoms with van der Waals surface area (Å²) < 4.78 is 45.4. The van der Waals surface area contributed by atoms with Crippen molar-refractivity contribution in [1.29, 1.82) is 5.26 Å². The maximum atomic E-state index is 13.3. The second-order valence-electron chi connectivity index (χ2n) is 6.62. The molecule has 0 aliphatic heterocycles. The summed E-state index contributed by atoms with van der Waals surface area (Å²) in [5.74, 6) is -0.208. The molecule has 1 atom stereocenters. The molecule has 1 unspecified atom stereocenters. The van der Waals surface area contributed by atoms with Crippen molar-refractivity contribution in [2.45, 2.75) is 12.2 Å². The van der Waals surface area contributed by atoms with Crippen molar-refractivity contribution in [3.63, 3.8) is 0 Å². The first-order valence-corrected chi connectivity index (χ1v) is 8.84. The number of nitriles is 1. The average Bonchev–Trinajstić information content (AvgIpc) is 3.11. The van der Waals surface area contributed by atoms with Gasteiger partial charge in [0.25, 0.3) is 0 Å². The summed E-state index contributed by atoms with van der Waals surface area (Å²) in [6.07, 6.45) is -4.56. The summed E-state index contributed by atoms with van der Waals surface area (Å²) in [6.45, 7) is 0.376. The van der Waals surface area contributed by atoms with Gasteiger partial charge in [-0.1, -0.05) is 42.5 Å². The zero-order valence-electron chi connectivity index (χ0n) is 15.9. The minimum atomic E-state index is -4.56. The van der Waals surface area contributed by atoms with E-state index in [2.05, 4.69) is 10.3 Å². The molecule has 0 fully saturated rings. The molecule has 1 aromatic heterocycles. The Kier molecular flexibility index (Phi) is 5.89. The first kappa shape index (κ1) is 20.4. The Hall–Kier alpha value is -3.31. The van der Waals surface area contributed by atoms with Crippen molar-refractivity contribution in [3.05, 3.63) is 71.4 Å². The predicted octanol–water partition coefficient (Wildman–Crippen LogP) is 4.95. The van der Waals surface area contributed by atoms with Crippen molar-refractivity contribution in [2.24, 2.45) is 0 Å². The molecule has 0 bridgehead atoms. The van der Waals surface area contributed by atoms with Gasteiger partial charge < -0.3 is 14.6 Å². The van der Waals surface area contributed by atoms with Crippen LogP contribution in [0.3, 0.4) is 0 Å². The lowest BCUT2D eigenvalue weighted by molar-refractivity contribution is -0.137. The van der Waals surface area contributed by atoms with Gasteiger partial charge in [-0.3, -0.25) is 0 Å². The van der Waals surface area contributed by atoms with Crippen LogP contribution in [-0.4, -0.2) is 30.5 Å². The largest absolute Gasteiger partial charge is 0.419 e. The van der Waals surface area contributed by atoms with E-state index in [1.807, 2.05) is 55.4 Å². The molecule has 3 aromatic rings. The van der Waals surface area contributed by atoms with Crippen LogP contribution in [0.15, 0.2) is 59.0 Å². The van der Waals surface area contributed by atoms with E-state index in [1.54, 1.807) is 0 Å². The van der Waals surface area contributed by atoms with Gasteiger partial charge in [-0.15, -0.1) is 0 Å². The third-order valence-corrected chi connectivity index (χ3v) is 4.46. The number of aromatic nitrogens is 1. The van der Waals surface area contributed by atoms with Crippen molar-refractivity contribution < 1.29 is 17.6 Å². The maximum Gasteiger partial charge on any atom is 0.417 e. The second-order valence-corrected chi connectivity index (χ2v) is 6.62. The minimum absolute atomic E-state index is 0.0428. The summed E-state index contributed by atoms with van der Waals surface area (Å²) in [7, 11) is 3.83. The Morgan fingerprint density at radius 3 is 2.38 bits per heavy atom. The molecule has 0 radical (unpaired) electrons. The smallest absolute Gasteiger partial charge is 0.417 e. The van der Waals surface area contributed by atoms with E-state index in [0.29, 0.717) is 6.54 Å². The minimum Gasteiger partial charge on any atom is -0.419 e. The van der Waals surface area contributed by atoms with Crippen LogP contribution in [0.5, 0.6) is 0 Å². The Balaban J connectivity index is 1.90. The third kappa shape index (κ3) is 4.58. The highest BCUT2D eigenvalue weighted by Gasteiger charge is 2.35. The molecule has 0 aliphatic rings. The van der Waals surface area contributed by atoms with Crippen LogP contribution in [0, 0.1) is 11.3 Å². The molecule has 0 amide bonds. The highest BCUT2D eigenvalue weighted by atomic mass is 19.4. The lowest BCUT2D eigenvalue weighted by Gasteiger charge is -2.24. The van der Waals surface area contributed by atoms with Gasteiger partial charge in [-0.25, -0.2) is 0 Å². The van der Waals surface area contributed by atoms with Gasteiger partial charge in [0.15, 0.2) is 0 Å². The number of halogens is 3. The lowest BCUT2D eigenvalue weighted by Crippen LogP contribution is -2.26. The molecule has 3 rings (SSSR count). The van der Waals surface area contributed by atoms with Gasteiger partial charge in [-0.05, 0) is 31.8 Å². The van der Waals surface area contributed by atoms with Gasteiger partial charge in [0, 0.05) is 12.1 Å². The van der Waals surface area contributed by atoms with Crippen molar-refractivity contribution in [3.8, 4) is 17.5 Å². The summed E-state index contributed by atoms with van der Waals surface area (Å²) >= 11 is 0. The van der Waals surface area contributed by atoms with Crippen molar-refractivity contribution in [1.82, 2.24) is 9.88 Å². The molecule has 0 saturated carbocycles. The highest BCUT2D eigenvalue weighted by Crippen LogP contribution is 2.37. The number of rotatable bonds is 6. The number of hydrogen-bond donors (Lipinski definition) is 1. The van der Waals surface area contributed by atoms with Crippen LogP contribution in [-0.2, 0) is 6.18 Å². The van der Waals surface area contributed by atoms with Gasteiger partial charge in [-0.2, -0.15) is 23.4 Å². The van der Waals surface area contributed by atoms with Crippen LogP contribution in [0.4, 0.5) is 19.1 Å². The number of alkyl halides is 3. The topological polar surface area (TPSA) is 65.1 Å². The Bertz CT molecular complexity index is 1010. The molecule has 29 heavy (non-hydrogen) atoms. The molecule has 8 heteroatoms. The molecule has 5 nitrogen and oxygen atoms in total. The van der Waals surface area contributed by atoms with Crippen molar-refractivity contribution >= 4 is 5.88 Å². The zero-order valence-corrected chi connectivity index (χ0v) is 15.9. The normalized spacial score (nSPS) is 12.6. The Morgan fingerprint density at radius 1 is 1.10 bits per heavy atom. The molecule has 150 valence electrons. The fourth-order valence-electron chi connectivity index (χ4n) is 3.01. The molecule has 0 aliphatic carbocycles. The molecule has 2 aromatic carbocycles. The number of hydrogen-bond acceptors (Lipinski definition) is 5. The predicted molar refractivity (Wildman–Crippen MR) is 103 cm³/mol.